The van der Waals surface area contributed by atoms with Gasteiger partial charge in [0.15, 0.2) is 0 Å². The van der Waals surface area contributed by atoms with Crippen LogP contribution in [0.1, 0.15) is 122 Å². The van der Waals surface area contributed by atoms with Gasteiger partial charge in [-0.2, -0.15) is 0 Å². The van der Waals surface area contributed by atoms with Crippen molar-refractivity contribution in [3.8, 4) is 0 Å². The van der Waals surface area contributed by atoms with Crippen molar-refractivity contribution in [3.63, 3.8) is 0 Å². The topological polar surface area (TPSA) is 134 Å². The van der Waals surface area contributed by atoms with Gasteiger partial charge >= 0.3 is 0 Å². The zero-order valence-electron chi connectivity index (χ0n) is 28.4. The molecule has 0 bridgehead atoms. The van der Waals surface area contributed by atoms with Gasteiger partial charge in [0.05, 0.1) is 10.6 Å². The Morgan fingerprint density at radius 3 is 1.17 bits per heavy atom. The van der Waals surface area contributed by atoms with Crippen molar-refractivity contribution >= 4 is 34.6 Å². The summed E-state index contributed by atoms with van der Waals surface area (Å²) >= 11 is 0. The van der Waals surface area contributed by atoms with E-state index >= 15 is 0 Å². The molecule has 0 spiro atoms. The fraction of sp³-hybridized carbons (Fsp3) is 0.316. The van der Waals surface area contributed by atoms with Crippen molar-refractivity contribution in [2.45, 2.75) is 79.1 Å². The van der Waals surface area contributed by atoms with E-state index in [4.69, 9.17) is 5.21 Å². The molecule has 0 radical (unpaired) electrons. The minimum atomic E-state index is -0.480. The molecule has 0 aliphatic heterocycles. The second-order valence-corrected chi connectivity index (χ2v) is 12.6. The maximum absolute atomic E-state index is 12.6. The summed E-state index contributed by atoms with van der Waals surface area (Å²) < 4.78 is 0. The van der Waals surface area contributed by atoms with Crippen molar-refractivity contribution in [2.24, 2.45) is 0 Å². The summed E-state index contributed by atoms with van der Waals surface area (Å²) in [4.78, 5) is 35.4. The van der Waals surface area contributed by atoms with Crippen LogP contribution in [0.15, 0.2) is 84.9 Å². The minimum Gasteiger partial charge on any atom is -0.321 e. The molecular weight excluding hydrogens is 592 g/mol. The highest BCUT2D eigenvalue weighted by Crippen LogP contribution is 2.34. The number of nitrogens with one attached hydrogen (secondary N) is 3. The van der Waals surface area contributed by atoms with Crippen molar-refractivity contribution in [1.82, 2.24) is 0 Å². The number of amides is 2. The Morgan fingerprint density at radius 2 is 0.894 bits per heavy atom. The molecule has 9 nitrogen and oxygen atoms in total. The molecule has 0 heterocycles. The highest BCUT2D eigenvalue weighted by atomic mass is 16.6. The van der Waals surface area contributed by atoms with E-state index in [1.165, 1.54) is 24.3 Å². The molecule has 0 saturated carbocycles. The van der Waals surface area contributed by atoms with Gasteiger partial charge in [0.25, 0.3) is 17.5 Å². The summed E-state index contributed by atoms with van der Waals surface area (Å²) in [5.41, 5.74) is 9.71. The number of carbonyl (C=O) groups is 2. The number of nitro groups is 1. The van der Waals surface area contributed by atoms with Crippen LogP contribution in [0.4, 0.5) is 22.7 Å². The summed E-state index contributed by atoms with van der Waals surface area (Å²) in [7, 11) is 0. The van der Waals surface area contributed by atoms with Crippen molar-refractivity contribution in [3.05, 3.63) is 128 Å². The van der Waals surface area contributed by atoms with Crippen molar-refractivity contribution in [1.29, 1.82) is 0 Å². The highest BCUT2D eigenvalue weighted by molar-refractivity contribution is 6.06. The number of benzene rings is 4. The first-order valence-corrected chi connectivity index (χ1v) is 15.9. The molecule has 4 N–H and O–H groups in total. The molecule has 9 heteroatoms. The molecule has 0 unspecified atom stereocenters. The number of anilines is 3. The van der Waals surface area contributed by atoms with E-state index in [2.05, 4.69) is 83.6 Å². The molecule has 4 rings (SSSR count). The number of rotatable bonds is 10. The Hall–Kier alpha value is -5.02. The second-order valence-electron chi connectivity index (χ2n) is 12.6. The smallest absolute Gasteiger partial charge is 0.269 e. The third-order valence-corrected chi connectivity index (χ3v) is 7.84. The van der Waals surface area contributed by atoms with Gasteiger partial charge in [-0.3, -0.25) is 30.4 Å². The van der Waals surface area contributed by atoms with Gasteiger partial charge in [0.2, 0.25) is 0 Å². The Balaban J connectivity index is 0.000000256. The van der Waals surface area contributed by atoms with Crippen molar-refractivity contribution < 1.29 is 19.7 Å². The molecular formula is C38H46N4O5. The minimum absolute atomic E-state index is 0.0306. The van der Waals surface area contributed by atoms with Gasteiger partial charge in [0.1, 0.15) is 0 Å². The highest BCUT2D eigenvalue weighted by Gasteiger charge is 2.18. The third kappa shape index (κ3) is 9.50. The van der Waals surface area contributed by atoms with Crippen LogP contribution in [0, 0.1) is 10.1 Å². The van der Waals surface area contributed by atoms with Gasteiger partial charge in [-0.15, -0.1) is 0 Å². The molecule has 4 aromatic carbocycles. The molecule has 47 heavy (non-hydrogen) atoms. The summed E-state index contributed by atoms with van der Waals surface area (Å²) in [5.74, 6) is 0.783. The SMILES string of the molecule is CC(C)c1cccc(C(C)C)c1NC(=O)c1ccc(NO)cc1.CC(C)c1cccc(C(C)C)c1NC(=O)c1ccc([N+](=O)[O-])cc1. The average Bonchev–Trinajstić information content (AvgIpc) is 3.04. The number of hydrogen-bond donors (Lipinski definition) is 4. The van der Waals surface area contributed by atoms with E-state index in [9.17, 15) is 19.7 Å². The van der Waals surface area contributed by atoms with E-state index < -0.39 is 4.92 Å². The molecule has 0 saturated heterocycles. The van der Waals surface area contributed by atoms with E-state index in [1.807, 2.05) is 24.3 Å². The number of para-hydroxylation sites is 2. The lowest BCUT2D eigenvalue weighted by Gasteiger charge is -2.20. The summed E-state index contributed by atoms with van der Waals surface area (Å²) in [5, 5.41) is 25.6. The van der Waals surface area contributed by atoms with Crippen LogP contribution in [-0.4, -0.2) is 21.9 Å². The van der Waals surface area contributed by atoms with Gasteiger partial charge in [-0.05, 0) is 82.3 Å². The van der Waals surface area contributed by atoms with Crippen LogP contribution in [0.3, 0.4) is 0 Å². The van der Waals surface area contributed by atoms with E-state index in [1.54, 1.807) is 24.3 Å². The molecule has 0 aromatic heterocycles. The lowest BCUT2D eigenvalue weighted by molar-refractivity contribution is -0.384. The lowest BCUT2D eigenvalue weighted by Crippen LogP contribution is -2.16. The van der Waals surface area contributed by atoms with E-state index in [-0.39, 0.29) is 29.3 Å². The van der Waals surface area contributed by atoms with E-state index in [0.29, 0.717) is 28.7 Å². The molecule has 248 valence electrons. The quantitative estimate of drug-likeness (QED) is 0.101. The molecule has 0 atom stereocenters. The summed E-state index contributed by atoms with van der Waals surface area (Å²) in [6.07, 6.45) is 0. The van der Waals surface area contributed by atoms with Crippen LogP contribution in [-0.2, 0) is 0 Å². The first-order chi connectivity index (χ1) is 22.2. The number of nitro benzene ring substituents is 1. The summed E-state index contributed by atoms with van der Waals surface area (Å²) in [6.45, 7) is 16.8. The van der Waals surface area contributed by atoms with Crippen LogP contribution < -0.4 is 16.1 Å². The lowest BCUT2D eigenvalue weighted by atomic mass is 9.92. The number of carbonyl (C=O) groups excluding carboxylic acids is 2. The van der Waals surface area contributed by atoms with E-state index in [0.717, 1.165) is 33.6 Å². The fourth-order valence-electron chi connectivity index (χ4n) is 5.19. The maximum Gasteiger partial charge on any atom is 0.269 e. The molecule has 2 amide bonds. The normalized spacial score (nSPS) is 10.9. The molecule has 0 aliphatic rings. The molecule has 4 aromatic rings. The van der Waals surface area contributed by atoms with Gasteiger partial charge < -0.3 is 10.6 Å². The van der Waals surface area contributed by atoms with Crippen LogP contribution in [0.2, 0.25) is 0 Å². The third-order valence-electron chi connectivity index (χ3n) is 7.84. The Bertz CT molecular complexity index is 1630. The Labute approximate surface area is 277 Å². The van der Waals surface area contributed by atoms with Gasteiger partial charge in [0, 0.05) is 34.6 Å². The Morgan fingerprint density at radius 1 is 0.574 bits per heavy atom. The van der Waals surface area contributed by atoms with Crippen molar-refractivity contribution in [2.75, 3.05) is 16.1 Å². The summed E-state index contributed by atoms with van der Waals surface area (Å²) in [6, 6.07) is 24.5. The molecule has 0 fully saturated rings. The zero-order valence-corrected chi connectivity index (χ0v) is 28.4. The predicted octanol–water partition coefficient (Wildman–Crippen LogP) is 10.1. The van der Waals surface area contributed by atoms with Crippen LogP contribution >= 0.6 is 0 Å². The number of nitrogens with zero attached hydrogens (tertiary/aromatic N) is 1. The maximum atomic E-state index is 12.6. The fourth-order valence-corrected chi connectivity index (χ4v) is 5.19. The average molecular weight is 639 g/mol. The van der Waals surface area contributed by atoms with Gasteiger partial charge in [-0.1, -0.05) is 91.8 Å². The monoisotopic (exact) mass is 638 g/mol. The van der Waals surface area contributed by atoms with Crippen LogP contribution in [0.5, 0.6) is 0 Å². The number of non-ortho nitro benzene ring substituents is 1. The molecule has 0 aliphatic carbocycles. The predicted molar refractivity (Wildman–Crippen MR) is 190 cm³/mol. The van der Waals surface area contributed by atoms with Crippen LogP contribution in [0.25, 0.3) is 0 Å². The Kier molecular flexibility index (Phi) is 12.8. The first kappa shape index (κ1) is 36.4. The zero-order chi connectivity index (χ0) is 34.8. The standard InChI is InChI=1S/C19H22N2O3.C19H24N2O2/c1-12(2)16-6-5-7-17(13(3)4)18(16)20-19(22)14-8-10-15(11-9-14)21(23)24;1-12(2)16-6-5-7-17(13(3)4)18(16)20-19(22)14-8-10-15(21-23)11-9-14/h5-13H,1-4H3,(H,20,22);5-13,21,23H,1-4H3,(H,20,22). The first-order valence-electron chi connectivity index (χ1n) is 15.9. The van der Waals surface area contributed by atoms with Gasteiger partial charge in [-0.25, -0.2) is 0 Å². The number of hydrogen-bond acceptors (Lipinski definition) is 6. The second kappa shape index (κ2) is 16.5. The largest absolute Gasteiger partial charge is 0.321 e.